The van der Waals surface area contributed by atoms with Crippen LogP contribution in [0, 0.1) is 0 Å². The first-order valence-electron chi connectivity index (χ1n) is 6.44. The van der Waals surface area contributed by atoms with Crippen LogP contribution in [0.25, 0.3) is 0 Å². The molecule has 0 aromatic heterocycles. The van der Waals surface area contributed by atoms with Gasteiger partial charge in [0.25, 0.3) is 0 Å². The highest BCUT2D eigenvalue weighted by Crippen LogP contribution is 2.17. The second-order valence-corrected chi connectivity index (χ2v) is 5.11. The van der Waals surface area contributed by atoms with Gasteiger partial charge in [0.05, 0.1) is 6.04 Å². The molecular weight excluding hydrogens is 272 g/mol. The third-order valence-electron chi connectivity index (χ3n) is 3.17. The summed E-state index contributed by atoms with van der Waals surface area (Å²) in [5.74, 6) is -0.196. The smallest absolute Gasteiger partial charge is 0.241 e. The Morgan fingerprint density at radius 2 is 1.65 bits per heavy atom. The van der Waals surface area contributed by atoms with E-state index in [0.29, 0.717) is 5.02 Å². The van der Waals surface area contributed by atoms with Gasteiger partial charge in [0, 0.05) is 5.02 Å². The van der Waals surface area contributed by atoms with Gasteiger partial charge in [-0.3, -0.25) is 4.79 Å². The van der Waals surface area contributed by atoms with Crippen molar-refractivity contribution in [3.05, 3.63) is 70.7 Å². The van der Waals surface area contributed by atoms with E-state index in [0.717, 1.165) is 11.1 Å². The van der Waals surface area contributed by atoms with Gasteiger partial charge in [-0.15, -0.1) is 0 Å². The summed E-state index contributed by atoms with van der Waals surface area (Å²) in [6.07, 6.45) is 0. The third-order valence-corrected chi connectivity index (χ3v) is 3.42. The Bertz CT molecular complexity index is 569. The van der Waals surface area contributed by atoms with Gasteiger partial charge in [-0.05, 0) is 30.2 Å². The molecule has 2 aromatic rings. The molecule has 0 saturated carbocycles. The molecule has 2 atom stereocenters. The van der Waals surface area contributed by atoms with E-state index in [1.54, 1.807) is 12.1 Å². The molecule has 2 rings (SSSR count). The van der Waals surface area contributed by atoms with Gasteiger partial charge in [0.15, 0.2) is 0 Å². The van der Waals surface area contributed by atoms with Gasteiger partial charge in [-0.25, -0.2) is 0 Å². The van der Waals surface area contributed by atoms with Crippen molar-refractivity contribution in [3.8, 4) is 0 Å². The number of hydrogen-bond donors (Lipinski definition) is 2. The number of carbonyl (C=O) groups is 1. The summed E-state index contributed by atoms with van der Waals surface area (Å²) < 4.78 is 0. The summed E-state index contributed by atoms with van der Waals surface area (Å²) in [6, 6.07) is 15.9. The molecule has 3 N–H and O–H groups in total. The average molecular weight is 289 g/mol. The minimum absolute atomic E-state index is 0.116. The van der Waals surface area contributed by atoms with E-state index in [1.807, 2.05) is 49.4 Å². The van der Waals surface area contributed by atoms with Crippen LogP contribution in [-0.4, -0.2) is 5.91 Å². The molecule has 0 heterocycles. The second-order valence-electron chi connectivity index (χ2n) is 4.67. The lowest BCUT2D eigenvalue weighted by molar-refractivity contribution is -0.123. The maximum absolute atomic E-state index is 12.1. The van der Waals surface area contributed by atoms with E-state index in [2.05, 4.69) is 5.32 Å². The molecule has 0 saturated heterocycles. The van der Waals surface area contributed by atoms with Crippen molar-refractivity contribution in [2.75, 3.05) is 0 Å². The lowest BCUT2D eigenvalue weighted by atomic mass is 10.1. The van der Waals surface area contributed by atoms with E-state index in [-0.39, 0.29) is 11.9 Å². The molecule has 0 aliphatic heterocycles. The summed E-state index contributed by atoms with van der Waals surface area (Å²) >= 11 is 5.85. The Hall–Kier alpha value is -1.84. The minimum Gasteiger partial charge on any atom is -0.348 e. The SMILES string of the molecule is CC(NC(=O)[C@@H](N)c1ccccc1)c1ccc(Cl)cc1. The highest BCUT2D eigenvalue weighted by Gasteiger charge is 2.17. The van der Waals surface area contributed by atoms with E-state index in [1.165, 1.54) is 0 Å². The van der Waals surface area contributed by atoms with Gasteiger partial charge < -0.3 is 11.1 Å². The molecule has 0 aliphatic rings. The van der Waals surface area contributed by atoms with Crippen LogP contribution in [0.1, 0.15) is 30.1 Å². The first kappa shape index (κ1) is 14.6. The zero-order chi connectivity index (χ0) is 14.5. The number of carbonyl (C=O) groups excluding carboxylic acids is 1. The Morgan fingerprint density at radius 3 is 2.25 bits per heavy atom. The van der Waals surface area contributed by atoms with Crippen LogP contribution in [0.4, 0.5) is 0 Å². The molecule has 2 aromatic carbocycles. The zero-order valence-electron chi connectivity index (χ0n) is 11.2. The fraction of sp³-hybridized carbons (Fsp3) is 0.188. The van der Waals surface area contributed by atoms with E-state index in [9.17, 15) is 4.79 Å². The van der Waals surface area contributed by atoms with Crippen LogP contribution in [0.15, 0.2) is 54.6 Å². The van der Waals surface area contributed by atoms with Crippen molar-refractivity contribution in [2.45, 2.75) is 19.0 Å². The van der Waals surface area contributed by atoms with Crippen LogP contribution < -0.4 is 11.1 Å². The van der Waals surface area contributed by atoms with Crippen molar-refractivity contribution < 1.29 is 4.79 Å². The zero-order valence-corrected chi connectivity index (χ0v) is 12.0. The lowest BCUT2D eigenvalue weighted by Gasteiger charge is -2.18. The molecule has 104 valence electrons. The molecular formula is C16H17ClN2O. The maximum atomic E-state index is 12.1. The standard InChI is InChI=1S/C16H17ClN2O/c1-11(12-7-9-14(17)10-8-12)19-16(20)15(18)13-5-3-2-4-6-13/h2-11,15H,18H2,1H3,(H,19,20)/t11?,15-/m0/s1. The van der Waals surface area contributed by atoms with Crippen LogP contribution in [0.5, 0.6) is 0 Å². The number of amides is 1. The Balaban J connectivity index is 2.02. The summed E-state index contributed by atoms with van der Waals surface area (Å²) in [5, 5.41) is 3.58. The molecule has 0 fully saturated rings. The minimum atomic E-state index is -0.661. The summed E-state index contributed by atoms with van der Waals surface area (Å²) in [7, 11) is 0. The van der Waals surface area contributed by atoms with Gasteiger partial charge in [-0.1, -0.05) is 54.1 Å². The van der Waals surface area contributed by atoms with Gasteiger partial charge in [0.1, 0.15) is 6.04 Å². The normalized spacial score (nSPS) is 13.6. The molecule has 0 radical (unpaired) electrons. The number of halogens is 1. The molecule has 0 aliphatic carbocycles. The molecule has 1 amide bonds. The van der Waals surface area contributed by atoms with Crippen LogP contribution >= 0.6 is 11.6 Å². The van der Waals surface area contributed by atoms with E-state index in [4.69, 9.17) is 17.3 Å². The molecule has 20 heavy (non-hydrogen) atoms. The monoisotopic (exact) mass is 288 g/mol. The number of rotatable bonds is 4. The van der Waals surface area contributed by atoms with Crippen molar-refractivity contribution in [1.82, 2.24) is 5.32 Å². The average Bonchev–Trinajstić information content (AvgIpc) is 2.48. The van der Waals surface area contributed by atoms with Crippen LogP contribution in [-0.2, 0) is 4.79 Å². The number of nitrogens with two attached hydrogens (primary N) is 1. The molecule has 3 nitrogen and oxygen atoms in total. The van der Waals surface area contributed by atoms with E-state index >= 15 is 0 Å². The Labute approximate surface area is 123 Å². The molecule has 0 bridgehead atoms. The largest absolute Gasteiger partial charge is 0.348 e. The van der Waals surface area contributed by atoms with E-state index < -0.39 is 6.04 Å². The second kappa shape index (κ2) is 6.55. The number of benzene rings is 2. The summed E-state index contributed by atoms with van der Waals surface area (Å²) in [6.45, 7) is 1.92. The fourth-order valence-electron chi connectivity index (χ4n) is 1.95. The van der Waals surface area contributed by atoms with Crippen LogP contribution in [0.2, 0.25) is 5.02 Å². The predicted octanol–water partition coefficient (Wildman–Crippen LogP) is 3.22. The summed E-state index contributed by atoms with van der Waals surface area (Å²) in [4.78, 5) is 12.1. The number of hydrogen-bond acceptors (Lipinski definition) is 2. The number of nitrogens with one attached hydrogen (secondary N) is 1. The van der Waals surface area contributed by atoms with Crippen LogP contribution in [0.3, 0.4) is 0 Å². The fourth-order valence-corrected chi connectivity index (χ4v) is 2.08. The molecule has 0 spiro atoms. The highest BCUT2D eigenvalue weighted by molar-refractivity contribution is 6.30. The maximum Gasteiger partial charge on any atom is 0.241 e. The lowest BCUT2D eigenvalue weighted by Crippen LogP contribution is -2.35. The first-order valence-corrected chi connectivity index (χ1v) is 6.82. The quantitative estimate of drug-likeness (QED) is 0.907. The highest BCUT2D eigenvalue weighted by atomic mass is 35.5. The predicted molar refractivity (Wildman–Crippen MR) is 81.4 cm³/mol. The Kier molecular flexibility index (Phi) is 4.77. The third kappa shape index (κ3) is 3.59. The van der Waals surface area contributed by atoms with Gasteiger partial charge in [0.2, 0.25) is 5.91 Å². The Morgan fingerprint density at radius 1 is 1.05 bits per heavy atom. The van der Waals surface area contributed by atoms with Crippen molar-refractivity contribution in [2.24, 2.45) is 5.73 Å². The van der Waals surface area contributed by atoms with Crippen molar-refractivity contribution in [3.63, 3.8) is 0 Å². The summed E-state index contributed by atoms with van der Waals surface area (Å²) in [5.41, 5.74) is 7.74. The van der Waals surface area contributed by atoms with Gasteiger partial charge in [-0.2, -0.15) is 0 Å². The van der Waals surface area contributed by atoms with Crippen molar-refractivity contribution in [1.29, 1.82) is 0 Å². The topological polar surface area (TPSA) is 55.1 Å². The van der Waals surface area contributed by atoms with Crippen molar-refractivity contribution >= 4 is 17.5 Å². The van der Waals surface area contributed by atoms with Gasteiger partial charge >= 0.3 is 0 Å². The molecule has 1 unspecified atom stereocenters. The molecule has 4 heteroatoms. The first-order chi connectivity index (χ1) is 9.58.